The number of hydrogen-bond acceptors (Lipinski definition) is 4. The number of amides is 2. The van der Waals surface area contributed by atoms with Gasteiger partial charge < -0.3 is 20.7 Å². The Hall–Kier alpha value is -3.02. The molecule has 3 N–H and O–H groups in total. The fourth-order valence-electron chi connectivity index (χ4n) is 3.07. The van der Waals surface area contributed by atoms with E-state index >= 15 is 0 Å². The maximum absolute atomic E-state index is 12.5. The summed E-state index contributed by atoms with van der Waals surface area (Å²) in [4.78, 5) is 26.5. The SMILES string of the molecule is COc1ccc(CN2CC(C(=O)Nc3cc(C)ccc3N)CC2=O)cc1. The summed E-state index contributed by atoms with van der Waals surface area (Å²) in [6, 6.07) is 13.1. The average molecular weight is 353 g/mol. The molecule has 0 aliphatic carbocycles. The van der Waals surface area contributed by atoms with Crippen LogP contribution in [0.3, 0.4) is 0 Å². The average Bonchev–Trinajstić information content (AvgIpc) is 2.99. The smallest absolute Gasteiger partial charge is 0.229 e. The number of carbonyl (C=O) groups is 2. The molecule has 0 radical (unpaired) electrons. The molecule has 3 rings (SSSR count). The van der Waals surface area contributed by atoms with Crippen LogP contribution in [0.25, 0.3) is 0 Å². The second-order valence-corrected chi connectivity index (χ2v) is 6.60. The van der Waals surface area contributed by atoms with Crippen LogP contribution in [0, 0.1) is 12.8 Å². The van der Waals surface area contributed by atoms with Gasteiger partial charge in [-0.05, 0) is 42.3 Å². The summed E-state index contributed by atoms with van der Waals surface area (Å²) in [6.45, 7) is 2.83. The third kappa shape index (κ3) is 3.96. The van der Waals surface area contributed by atoms with Crippen molar-refractivity contribution < 1.29 is 14.3 Å². The number of likely N-dealkylation sites (tertiary alicyclic amines) is 1. The third-order valence-electron chi connectivity index (χ3n) is 4.58. The number of methoxy groups -OCH3 is 1. The minimum absolute atomic E-state index is 0.0156. The highest BCUT2D eigenvalue weighted by Crippen LogP contribution is 2.25. The van der Waals surface area contributed by atoms with Crippen molar-refractivity contribution in [1.29, 1.82) is 0 Å². The number of nitrogens with two attached hydrogens (primary N) is 1. The molecule has 2 amide bonds. The predicted octanol–water partition coefficient (Wildman–Crippen LogP) is 2.57. The monoisotopic (exact) mass is 353 g/mol. The van der Waals surface area contributed by atoms with Gasteiger partial charge in [-0.3, -0.25) is 9.59 Å². The molecule has 1 saturated heterocycles. The van der Waals surface area contributed by atoms with Crippen LogP contribution >= 0.6 is 0 Å². The maximum atomic E-state index is 12.5. The van der Waals surface area contributed by atoms with Crippen molar-refractivity contribution in [1.82, 2.24) is 4.90 Å². The number of nitrogen functional groups attached to an aromatic ring is 1. The number of anilines is 2. The van der Waals surface area contributed by atoms with Crippen molar-refractivity contribution in [3.05, 3.63) is 53.6 Å². The van der Waals surface area contributed by atoms with E-state index in [1.54, 1.807) is 18.1 Å². The van der Waals surface area contributed by atoms with Crippen LogP contribution in [0.1, 0.15) is 17.5 Å². The fraction of sp³-hybridized carbons (Fsp3) is 0.300. The van der Waals surface area contributed by atoms with Gasteiger partial charge in [0.15, 0.2) is 0 Å². The molecular formula is C20H23N3O3. The van der Waals surface area contributed by atoms with Crippen molar-refractivity contribution >= 4 is 23.2 Å². The summed E-state index contributed by atoms with van der Waals surface area (Å²) in [6.07, 6.45) is 0.216. The molecule has 0 bridgehead atoms. The first kappa shape index (κ1) is 17.8. The van der Waals surface area contributed by atoms with E-state index in [4.69, 9.17) is 10.5 Å². The Kier molecular flexibility index (Phi) is 5.11. The Labute approximate surface area is 152 Å². The molecule has 26 heavy (non-hydrogen) atoms. The predicted molar refractivity (Wildman–Crippen MR) is 101 cm³/mol. The summed E-state index contributed by atoms with van der Waals surface area (Å²) in [5.41, 5.74) is 9.04. The van der Waals surface area contributed by atoms with E-state index < -0.39 is 0 Å². The Balaban J connectivity index is 1.63. The van der Waals surface area contributed by atoms with Crippen molar-refractivity contribution in [3.63, 3.8) is 0 Å². The fourth-order valence-corrected chi connectivity index (χ4v) is 3.07. The molecule has 1 unspecified atom stereocenters. The molecule has 2 aromatic carbocycles. The van der Waals surface area contributed by atoms with Crippen LogP contribution in [0.2, 0.25) is 0 Å². The van der Waals surface area contributed by atoms with Gasteiger partial charge in [-0.1, -0.05) is 18.2 Å². The molecule has 1 heterocycles. The minimum Gasteiger partial charge on any atom is -0.497 e. The van der Waals surface area contributed by atoms with Gasteiger partial charge in [-0.2, -0.15) is 0 Å². The first-order chi connectivity index (χ1) is 12.5. The van der Waals surface area contributed by atoms with Gasteiger partial charge in [-0.15, -0.1) is 0 Å². The van der Waals surface area contributed by atoms with E-state index in [2.05, 4.69) is 5.32 Å². The lowest BCUT2D eigenvalue weighted by Gasteiger charge is -2.17. The maximum Gasteiger partial charge on any atom is 0.229 e. The molecule has 1 aliphatic rings. The Morgan fingerprint density at radius 1 is 1.27 bits per heavy atom. The van der Waals surface area contributed by atoms with Gasteiger partial charge in [0.25, 0.3) is 0 Å². The van der Waals surface area contributed by atoms with Gasteiger partial charge in [-0.25, -0.2) is 0 Å². The zero-order valence-corrected chi connectivity index (χ0v) is 15.0. The second-order valence-electron chi connectivity index (χ2n) is 6.60. The van der Waals surface area contributed by atoms with Crippen molar-refractivity contribution in [2.24, 2.45) is 5.92 Å². The Morgan fingerprint density at radius 2 is 2.00 bits per heavy atom. The zero-order chi connectivity index (χ0) is 18.7. The summed E-state index contributed by atoms with van der Waals surface area (Å²) in [5.74, 6) is 0.209. The lowest BCUT2D eigenvalue weighted by molar-refractivity contribution is -0.128. The molecule has 136 valence electrons. The van der Waals surface area contributed by atoms with Crippen LogP contribution in [0.4, 0.5) is 11.4 Å². The molecule has 0 spiro atoms. The van der Waals surface area contributed by atoms with E-state index in [9.17, 15) is 9.59 Å². The summed E-state index contributed by atoms with van der Waals surface area (Å²) in [7, 11) is 1.61. The number of carbonyl (C=O) groups excluding carboxylic acids is 2. The number of ether oxygens (including phenoxy) is 1. The number of benzene rings is 2. The van der Waals surface area contributed by atoms with E-state index in [0.717, 1.165) is 16.9 Å². The quantitative estimate of drug-likeness (QED) is 0.809. The lowest BCUT2D eigenvalue weighted by Crippen LogP contribution is -2.28. The molecule has 1 fully saturated rings. The normalized spacial score (nSPS) is 16.6. The zero-order valence-electron chi connectivity index (χ0n) is 15.0. The van der Waals surface area contributed by atoms with Crippen LogP contribution in [-0.2, 0) is 16.1 Å². The largest absolute Gasteiger partial charge is 0.497 e. The Morgan fingerprint density at radius 3 is 2.69 bits per heavy atom. The highest BCUT2D eigenvalue weighted by Gasteiger charge is 2.34. The summed E-state index contributed by atoms with van der Waals surface area (Å²) >= 11 is 0. The molecule has 1 atom stereocenters. The van der Waals surface area contributed by atoms with Gasteiger partial charge in [0.05, 0.1) is 24.4 Å². The Bertz CT molecular complexity index is 818. The first-order valence-corrected chi connectivity index (χ1v) is 8.54. The number of rotatable bonds is 5. The van der Waals surface area contributed by atoms with Gasteiger partial charge in [0, 0.05) is 19.5 Å². The highest BCUT2D eigenvalue weighted by molar-refractivity contribution is 5.99. The number of nitrogens with one attached hydrogen (secondary N) is 1. The molecule has 0 aromatic heterocycles. The number of nitrogens with zero attached hydrogens (tertiary/aromatic N) is 1. The molecular weight excluding hydrogens is 330 g/mol. The minimum atomic E-state index is -0.374. The van der Waals surface area contributed by atoms with Crippen LogP contribution in [0.15, 0.2) is 42.5 Å². The third-order valence-corrected chi connectivity index (χ3v) is 4.58. The van der Waals surface area contributed by atoms with E-state index in [-0.39, 0.29) is 24.2 Å². The lowest BCUT2D eigenvalue weighted by atomic mass is 10.1. The summed E-state index contributed by atoms with van der Waals surface area (Å²) < 4.78 is 5.14. The van der Waals surface area contributed by atoms with Crippen molar-refractivity contribution in [2.45, 2.75) is 19.9 Å². The van der Waals surface area contributed by atoms with Crippen LogP contribution in [0.5, 0.6) is 5.75 Å². The number of hydrogen-bond donors (Lipinski definition) is 2. The molecule has 6 nitrogen and oxygen atoms in total. The summed E-state index contributed by atoms with van der Waals surface area (Å²) in [5, 5.41) is 2.85. The molecule has 0 saturated carbocycles. The standard InChI is InChI=1S/C20H23N3O3/c1-13-3-8-17(21)18(9-13)22-20(25)15-10-19(24)23(12-15)11-14-4-6-16(26-2)7-5-14/h3-9,15H,10-12,21H2,1-2H3,(H,22,25). The second kappa shape index (κ2) is 7.47. The van der Waals surface area contributed by atoms with Crippen molar-refractivity contribution in [2.75, 3.05) is 24.7 Å². The van der Waals surface area contributed by atoms with Crippen LogP contribution < -0.4 is 15.8 Å². The van der Waals surface area contributed by atoms with Crippen LogP contribution in [-0.4, -0.2) is 30.4 Å². The van der Waals surface area contributed by atoms with E-state index in [1.165, 1.54) is 0 Å². The first-order valence-electron chi connectivity index (χ1n) is 8.54. The van der Waals surface area contributed by atoms with Gasteiger partial charge in [0.2, 0.25) is 11.8 Å². The molecule has 6 heteroatoms. The van der Waals surface area contributed by atoms with Gasteiger partial charge in [0.1, 0.15) is 5.75 Å². The molecule has 2 aromatic rings. The van der Waals surface area contributed by atoms with Crippen molar-refractivity contribution in [3.8, 4) is 5.75 Å². The van der Waals surface area contributed by atoms with Gasteiger partial charge >= 0.3 is 0 Å². The molecule has 1 aliphatic heterocycles. The van der Waals surface area contributed by atoms with E-state index in [0.29, 0.717) is 24.5 Å². The van der Waals surface area contributed by atoms with E-state index in [1.807, 2.05) is 43.3 Å². The number of aryl methyl sites for hydroxylation is 1. The topological polar surface area (TPSA) is 84.7 Å². The highest BCUT2D eigenvalue weighted by atomic mass is 16.5.